The number of carbonyl (C=O) groups excluding carboxylic acids is 1. The third-order valence-corrected chi connectivity index (χ3v) is 4.89. The van der Waals surface area contributed by atoms with Crippen molar-refractivity contribution in [2.45, 2.75) is 58.4 Å². The normalized spacial score (nSPS) is 18.9. The van der Waals surface area contributed by atoms with E-state index in [-0.39, 0.29) is 5.91 Å². The van der Waals surface area contributed by atoms with Gasteiger partial charge in [-0.15, -0.1) is 0 Å². The number of rotatable bonds is 6. The fraction of sp³-hybridized carbons (Fsp3) is 0.867. The molecule has 116 valence electrons. The van der Waals surface area contributed by atoms with E-state index in [1.807, 2.05) is 0 Å². The van der Waals surface area contributed by atoms with Crippen LogP contribution in [0.15, 0.2) is 0 Å². The van der Waals surface area contributed by atoms with Crippen LogP contribution in [0, 0.1) is 5.41 Å². The molecule has 0 aromatic heterocycles. The van der Waals surface area contributed by atoms with Gasteiger partial charge in [0.25, 0.3) is 0 Å². The third-order valence-electron chi connectivity index (χ3n) is 4.50. The highest BCUT2D eigenvalue weighted by molar-refractivity contribution is 7.80. The Morgan fingerprint density at radius 1 is 1.30 bits per heavy atom. The van der Waals surface area contributed by atoms with Crippen LogP contribution in [0.2, 0.25) is 0 Å². The van der Waals surface area contributed by atoms with Crippen LogP contribution in [-0.4, -0.2) is 42.0 Å². The van der Waals surface area contributed by atoms with Crippen LogP contribution in [0.5, 0.6) is 0 Å². The number of hydrogen-bond donors (Lipinski definition) is 2. The standard InChI is InChI=1S/C15H29N3OS/c1-12(2)18(3)11-10-17-14(19)15(13(16)20)8-6-4-5-7-9-15/h12H,4-11H2,1-3H3,(H2,16,20)(H,17,19). The summed E-state index contributed by atoms with van der Waals surface area (Å²) in [6.45, 7) is 5.78. The van der Waals surface area contributed by atoms with E-state index in [0.717, 1.165) is 32.2 Å². The van der Waals surface area contributed by atoms with Crippen molar-refractivity contribution >= 4 is 23.1 Å². The molecule has 4 nitrogen and oxygen atoms in total. The number of nitrogens with two attached hydrogens (primary N) is 1. The highest BCUT2D eigenvalue weighted by Crippen LogP contribution is 2.35. The van der Waals surface area contributed by atoms with Crippen molar-refractivity contribution in [2.75, 3.05) is 20.1 Å². The SMILES string of the molecule is CC(C)N(C)CCNC(=O)C1(C(N)=S)CCCCCC1. The average molecular weight is 299 g/mol. The number of hydrogen-bond acceptors (Lipinski definition) is 3. The maximum absolute atomic E-state index is 12.6. The molecular weight excluding hydrogens is 270 g/mol. The molecule has 1 aliphatic carbocycles. The maximum Gasteiger partial charge on any atom is 0.233 e. The molecule has 0 bridgehead atoms. The number of likely N-dealkylation sites (N-methyl/N-ethyl adjacent to an activating group) is 1. The first-order valence-electron chi connectivity index (χ1n) is 7.68. The van der Waals surface area contributed by atoms with Gasteiger partial charge in [0, 0.05) is 19.1 Å². The molecule has 1 aliphatic rings. The second-order valence-electron chi connectivity index (χ2n) is 6.19. The van der Waals surface area contributed by atoms with E-state index in [9.17, 15) is 4.79 Å². The number of nitrogens with zero attached hydrogens (tertiary/aromatic N) is 1. The molecule has 1 rings (SSSR count). The Labute approximate surface area is 128 Å². The summed E-state index contributed by atoms with van der Waals surface area (Å²) in [6.07, 6.45) is 6.02. The summed E-state index contributed by atoms with van der Waals surface area (Å²) in [7, 11) is 2.06. The second-order valence-corrected chi connectivity index (χ2v) is 6.63. The van der Waals surface area contributed by atoms with Crippen molar-refractivity contribution < 1.29 is 4.79 Å². The van der Waals surface area contributed by atoms with Gasteiger partial charge in [-0.3, -0.25) is 4.79 Å². The van der Waals surface area contributed by atoms with Crippen molar-refractivity contribution in [3.05, 3.63) is 0 Å². The van der Waals surface area contributed by atoms with Crippen LogP contribution in [0.1, 0.15) is 52.4 Å². The van der Waals surface area contributed by atoms with Crippen LogP contribution >= 0.6 is 12.2 Å². The smallest absolute Gasteiger partial charge is 0.233 e. The first-order valence-corrected chi connectivity index (χ1v) is 8.09. The lowest BCUT2D eigenvalue weighted by atomic mass is 9.79. The molecule has 1 saturated carbocycles. The van der Waals surface area contributed by atoms with Crippen molar-refractivity contribution in [3.63, 3.8) is 0 Å². The van der Waals surface area contributed by atoms with E-state index in [1.165, 1.54) is 12.8 Å². The number of carbonyl (C=O) groups is 1. The molecule has 5 heteroatoms. The first kappa shape index (κ1) is 17.4. The molecule has 0 spiro atoms. The molecule has 20 heavy (non-hydrogen) atoms. The molecule has 0 atom stereocenters. The van der Waals surface area contributed by atoms with E-state index in [2.05, 4.69) is 31.1 Å². The zero-order chi connectivity index (χ0) is 15.2. The minimum Gasteiger partial charge on any atom is -0.392 e. The molecule has 0 radical (unpaired) electrons. The third kappa shape index (κ3) is 4.42. The molecule has 0 aromatic carbocycles. The topological polar surface area (TPSA) is 58.4 Å². The molecule has 1 fully saturated rings. The first-order chi connectivity index (χ1) is 9.40. The summed E-state index contributed by atoms with van der Waals surface area (Å²) in [5.74, 6) is 0.0315. The van der Waals surface area contributed by atoms with Gasteiger partial charge in [0.15, 0.2) is 0 Å². The monoisotopic (exact) mass is 299 g/mol. The van der Waals surface area contributed by atoms with Crippen LogP contribution < -0.4 is 11.1 Å². The van der Waals surface area contributed by atoms with E-state index < -0.39 is 5.41 Å². The maximum atomic E-state index is 12.6. The van der Waals surface area contributed by atoms with Crippen molar-refractivity contribution in [2.24, 2.45) is 11.1 Å². The highest BCUT2D eigenvalue weighted by atomic mass is 32.1. The number of thiocarbonyl (C=S) groups is 1. The lowest BCUT2D eigenvalue weighted by Gasteiger charge is -2.30. The predicted octanol–water partition coefficient (Wildman–Crippen LogP) is 2.07. The van der Waals surface area contributed by atoms with Gasteiger partial charge in [0.1, 0.15) is 0 Å². The van der Waals surface area contributed by atoms with E-state index in [4.69, 9.17) is 18.0 Å². The fourth-order valence-corrected chi connectivity index (χ4v) is 2.99. The summed E-state index contributed by atoms with van der Waals surface area (Å²) >= 11 is 5.21. The Bertz CT molecular complexity index is 336. The molecule has 0 aliphatic heterocycles. The lowest BCUT2D eigenvalue weighted by molar-refractivity contribution is -0.128. The summed E-state index contributed by atoms with van der Waals surface area (Å²) in [5.41, 5.74) is 5.30. The number of nitrogens with one attached hydrogen (secondary N) is 1. The fourth-order valence-electron chi connectivity index (χ4n) is 2.69. The van der Waals surface area contributed by atoms with Crippen LogP contribution in [-0.2, 0) is 4.79 Å². The molecule has 0 heterocycles. The Morgan fingerprint density at radius 3 is 2.30 bits per heavy atom. The summed E-state index contributed by atoms with van der Waals surface area (Å²) in [4.78, 5) is 15.1. The Morgan fingerprint density at radius 2 is 1.85 bits per heavy atom. The van der Waals surface area contributed by atoms with Crippen LogP contribution in [0.4, 0.5) is 0 Å². The van der Waals surface area contributed by atoms with Gasteiger partial charge in [-0.05, 0) is 33.7 Å². The van der Waals surface area contributed by atoms with Gasteiger partial charge in [-0.2, -0.15) is 0 Å². The summed E-state index contributed by atoms with van der Waals surface area (Å²) in [6, 6.07) is 0.481. The Kier molecular flexibility index (Phi) is 6.89. The molecule has 1 amide bonds. The quantitative estimate of drug-likeness (QED) is 0.582. The molecule has 0 unspecified atom stereocenters. The van der Waals surface area contributed by atoms with Crippen LogP contribution in [0.3, 0.4) is 0 Å². The van der Waals surface area contributed by atoms with E-state index in [0.29, 0.717) is 17.6 Å². The van der Waals surface area contributed by atoms with Crippen molar-refractivity contribution in [3.8, 4) is 0 Å². The van der Waals surface area contributed by atoms with Gasteiger partial charge in [-0.25, -0.2) is 0 Å². The summed E-state index contributed by atoms with van der Waals surface area (Å²) in [5, 5.41) is 3.04. The molecule has 0 aromatic rings. The predicted molar refractivity (Wildman–Crippen MR) is 87.7 cm³/mol. The second kappa shape index (κ2) is 7.93. The molecule has 3 N–H and O–H groups in total. The van der Waals surface area contributed by atoms with Crippen molar-refractivity contribution in [1.29, 1.82) is 0 Å². The van der Waals surface area contributed by atoms with Gasteiger partial charge in [0.2, 0.25) is 5.91 Å². The van der Waals surface area contributed by atoms with Gasteiger partial charge >= 0.3 is 0 Å². The van der Waals surface area contributed by atoms with Crippen LogP contribution in [0.25, 0.3) is 0 Å². The lowest BCUT2D eigenvalue weighted by Crippen LogP contribution is -2.50. The zero-order valence-corrected chi connectivity index (χ0v) is 13.9. The minimum absolute atomic E-state index is 0.0315. The van der Waals surface area contributed by atoms with Gasteiger partial charge in [0.05, 0.1) is 10.4 Å². The summed E-state index contributed by atoms with van der Waals surface area (Å²) < 4.78 is 0. The Balaban J connectivity index is 2.58. The highest BCUT2D eigenvalue weighted by Gasteiger charge is 2.41. The van der Waals surface area contributed by atoms with Gasteiger partial charge in [-0.1, -0.05) is 37.9 Å². The number of amides is 1. The molecule has 0 saturated heterocycles. The Hall–Kier alpha value is -0.680. The average Bonchev–Trinajstić information content (AvgIpc) is 2.64. The van der Waals surface area contributed by atoms with Gasteiger partial charge < -0.3 is 16.0 Å². The zero-order valence-electron chi connectivity index (χ0n) is 13.1. The largest absolute Gasteiger partial charge is 0.392 e. The van der Waals surface area contributed by atoms with E-state index >= 15 is 0 Å². The molecular formula is C15H29N3OS. The minimum atomic E-state index is -0.609. The van der Waals surface area contributed by atoms with E-state index in [1.54, 1.807) is 0 Å². The van der Waals surface area contributed by atoms with Crippen molar-refractivity contribution in [1.82, 2.24) is 10.2 Å².